The van der Waals surface area contributed by atoms with Crippen molar-refractivity contribution in [2.24, 2.45) is 0 Å². The van der Waals surface area contributed by atoms with Gasteiger partial charge < -0.3 is 30.9 Å². The average Bonchev–Trinajstić information content (AvgIpc) is 2.45. The Balaban J connectivity index is 2.13. The van der Waals surface area contributed by atoms with E-state index in [1.165, 1.54) is 0 Å². The number of nitrogens with two attached hydrogens (primary N) is 1. The first-order valence-corrected chi connectivity index (χ1v) is 6.05. The van der Waals surface area contributed by atoms with Gasteiger partial charge in [-0.2, -0.15) is 15.0 Å². The lowest BCUT2D eigenvalue weighted by Gasteiger charge is -2.27. The van der Waals surface area contributed by atoms with E-state index in [4.69, 9.17) is 20.7 Å². The molecule has 0 saturated carbocycles. The normalized spacial score (nSPS) is 15.8. The summed E-state index contributed by atoms with van der Waals surface area (Å²) in [5, 5.41) is 20.8. The van der Waals surface area contributed by atoms with E-state index in [2.05, 4.69) is 20.3 Å². The summed E-state index contributed by atoms with van der Waals surface area (Å²) in [5.74, 6) is 0.795. The van der Waals surface area contributed by atoms with Crippen LogP contribution in [-0.4, -0.2) is 70.7 Å². The van der Waals surface area contributed by atoms with E-state index in [0.29, 0.717) is 32.3 Å². The summed E-state index contributed by atoms with van der Waals surface area (Å²) in [6, 6.07) is -0.528. The van der Waals surface area contributed by atoms with Crippen LogP contribution in [0.2, 0.25) is 0 Å². The number of nitrogens with one attached hydrogen (secondary N) is 1. The summed E-state index contributed by atoms with van der Waals surface area (Å²) >= 11 is 0. The van der Waals surface area contributed by atoms with Crippen molar-refractivity contribution in [3.05, 3.63) is 0 Å². The number of hydrogen-bond acceptors (Lipinski definition) is 9. The highest BCUT2D eigenvalue weighted by Crippen LogP contribution is 2.13. The van der Waals surface area contributed by atoms with Gasteiger partial charge in [-0.1, -0.05) is 0 Å². The number of aliphatic hydroxyl groups is 2. The zero-order valence-corrected chi connectivity index (χ0v) is 10.5. The Morgan fingerprint density at radius 1 is 1.21 bits per heavy atom. The van der Waals surface area contributed by atoms with Gasteiger partial charge in [0, 0.05) is 13.1 Å². The third kappa shape index (κ3) is 3.63. The number of anilines is 3. The predicted molar refractivity (Wildman–Crippen MR) is 68.9 cm³/mol. The molecule has 0 spiro atoms. The van der Waals surface area contributed by atoms with Gasteiger partial charge in [0.05, 0.1) is 32.5 Å². The van der Waals surface area contributed by atoms with Gasteiger partial charge in [-0.05, 0) is 0 Å². The maximum Gasteiger partial charge on any atom is 0.232 e. The van der Waals surface area contributed by atoms with Crippen molar-refractivity contribution in [1.29, 1.82) is 0 Å². The largest absolute Gasteiger partial charge is 0.394 e. The predicted octanol–water partition coefficient (Wildman–Crippen LogP) is -1.94. The minimum Gasteiger partial charge on any atom is -0.394 e. The number of rotatable bonds is 5. The molecule has 0 atom stereocenters. The second kappa shape index (κ2) is 6.45. The minimum atomic E-state index is -0.528. The number of nitrogen functional groups attached to an aromatic ring is 1. The Bertz CT molecular complexity index is 408. The molecule has 9 nitrogen and oxygen atoms in total. The summed E-state index contributed by atoms with van der Waals surface area (Å²) in [6.07, 6.45) is 0. The zero-order valence-electron chi connectivity index (χ0n) is 10.5. The van der Waals surface area contributed by atoms with Crippen LogP contribution >= 0.6 is 0 Å². The Morgan fingerprint density at radius 3 is 2.53 bits per heavy atom. The number of hydrogen-bond donors (Lipinski definition) is 4. The Hall–Kier alpha value is -1.71. The summed E-state index contributed by atoms with van der Waals surface area (Å²) in [7, 11) is 0. The minimum absolute atomic E-state index is 0.0913. The standard InChI is InChI=1S/C10H18N6O3/c11-8-13-9(12-7(5-17)6-18)15-10(14-8)16-1-3-19-4-2-16/h7,17-18H,1-6H2,(H3,11,12,13,14,15). The molecule has 0 radical (unpaired) electrons. The highest BCUT2D eigenvalue weighted by Gasteiger charge is 2.16. The van der Waals surface area contributed by atoms with Gasteiger partial charge in [-0.3, -0.25) is 0 Å². The lowest BCUT2D eigenvalue weighted by atomic mass is 10.3. The number of aliphatic hydroxyl groups excluding tert-OH is 2. The maximum absolute atomic E-state index is 9.02. The van der Waals surface area contributed by atoms with E-state index in [1.807, 2.05) is 4.90 Å². The lowest BCUT2D eigenvalue weighted by Crippen LogP contribution is -2.38. The zero-order chi connectivity index (χ0) is 13.7. The van der Waals surface area contributed by atoms with Crippen LogP contribution < -0.4 is 16.0 Å². The van der Waals surface area contributed by atoms with E-state index in [0.717, 1.165) is 0 Å². The third-order valence-electron chi connectivity index (χ3n) is 2.71. The first kappa shape index (κ1) is 13.7. The van der Waals surface area contributed by atoms with Crippen LogP contribution in [-0.2, 0) is 4.74 Å². The molecule has 0 aromatic carbocycles. The van der Waals surface area contributed by atoms with Crippen molar-refractivity contribution < 1.29 is 14.9 Å². The fourth-order valence-corrected chi connectivity index (χ4v) is 1.68. The van der Waals surface area contributed by atoms with Crippen LogP contribution in [0.25, 0.3) is 0 Å². The molecule has 1 aromatic heterocycles. The molecular formula is C10H18N6O3. The SMILES string of the molecule is Nc1nc(NC(CO)CO)nc(N2CCOCC2)n1. The van der Waals surface area contributed by atoms with Crippen LogP contribution in [0, 0.1) is 0 Å². The van der Waals surface area contributed by atoms with Crippen LogP contribution in [0.1, 0.15) is 0 Å². The molecule has 1 aromatic rings. The molecule has 5 N–H and O–H groups in total. The van der Waals surface area contributed by atoms with Crippen molar-refractivity contribution in [3.63, 3.8) is 0 Å². The van der Waals surface area contributed by atoms with Gasteiger partial charge >= 0.3 is 0 Å². The van der Waals surface area contributed by atoms with Crippen LogP contribution in [0.4, 0.5) is 17.8 Å². The molecule has 0 aliphatic carbocycles. The van der Waals surface area contributed by atoms with E-state index in [9.17, 15) is 0 Å². The van der Waals surface area contributed by atoms with Crippen molar-refractivity contribution in [2.75, 3.05) is 55.5 Å². The lowest BCUT2D eigenvalue weighted by molar-refractivity contribution is 0.122. The molecule has 2 heterocycles. The number of morpholine rings is 1. The fraction of sp³-hybridized carbons (Fsp3) is 0.700. The second-order valence-corrected chi connectivity index (χ2v) is 4.12. The highest BCUT2D eigenvalue weighted by atomic mass is 16.5. The van der Waals surface area contributed by atoms with Gasteiger partial charge in [0.25, 0.3) is 0 Å². The van der Waals surface area contributed by atoms with Crippen LogP contribution in [0.15, 0.2) is 0 Å². The molecule has 0 bridgehead atoms. The van der Waals surface area contributed by atoms with Crippen molar-refractivity contribution >= 4 is 17.8 Å². The van der Waals surface area contributed by atoms with Gasteiger partial charge in [-0.15, -0.1) is 0 Å². The Labute approximate surface area is 110 Å². The van der Waals surface area contributed by atoms with Gasteiger partial charge in [-0.25, -0.2) is 0 Å². The molecule has 1 saturated heterocycles. The van der Waals surface area contributed by atoms with Crippen LogP contribution in [0.5, 0.6) is 0 Å². The van der Waals surface area contributed by atoms with Crippen LogP contribution in [0.3, 0.4) is 0 Å². The highest BCUT2D eigenvalue weighted by molar-refractivity contribution is 5.42. The van der Waals surface area contributed by atoms with E-state index >= 15 is 0 Å². The molecule has 19 heavy (non-hydrogen) atoms. The van der Waals surface area contributed by atoms with E-state index in [-0.39, 0.29) is 25.1 Å². The van der Waals surface area contributed by atoms with E-state index < -0.39 is 6.04 Å². The van der Waals surface area contributed by atoms with Crippen molar-refractivity contribution in [1.82, 2.24) is 15.0 Å². The van der Waals surface area contributed by atoms with E-state index in [1.54, 1.807) is 0 Å². The van der Waals surface area contributed by atoms with Gasteiger partial charge in [0.2, 0.25) is 17.8 Å². The van der Waals surface area contributed by atoms with Crippen molar-refractivity contribution in [3.8, 4) is 0 Å². The first-order valence-electron chi connectivity index (χ1n) is 6.05. The maximum atomic E-state index is 9.02. The van der Waals surface area contributed by atoms with Gasteiger partial charge in [0.1, 0.15) is 0 Å². The molecule has 9 heteroatoms. The molecule has 106 valence electrons. The smallest absolute Gasteiger partial charge is 0.232 e. The topological polar surface area (TPSA) is 130 Å². The number of nitrogens with zero attached hydrogens (tertiary/aromatic N) is 4. The number of ether oxygens (including phenoxy) is 1. The summed E-state index contributed by atoms with van der Waals surface area (Å²) in [4.78, 5) is 14.2. The average molecular weight is 270 g/mol. The molecule has 1 aliphatic rings. The van der Waals surface area contributed by atoms with Gasteiger partial charge in [0.15, 0.2) is 0 Å². The third-order valence-corrected chi connectivity index (χ3v) is 2.71. The second-order valence-electron chi connectivity index (χ2n) is 4.12. The fourth-order valence-electron chi connectivity index (χ4n) is 1.68. The Kier molecular flexibility index (Phi) is 4.66. The molecule has 2 rings (SSSR count). The first-order chi connectivity index (χ1) is 9.22. The summed E-state index contributed by atoms with van der Waals surface area (Å²) < 4.78 is 5.26. The summed E-state index contributed by atoms with van der Waals surface area (Å²) in [6.45, 7) is 2.15. The monoisotopic (exact) mass is 270 g/mol. The molecule has 0 amide bonds. The van der Waals surface area contributed by atoms with Crippen molar-refractivity contribution in [2.45, 2.75) is 6.04 Å². The quantitative estimate of drug-likeness (QED) is 0.482. The molecule has 1 aliphatic heterocycles. The molecule has 0 unspecified atom stereocenters. The summed E-state index contributed by atoms with van der Waals surface area (Å²) in [5.41, 5.74) is 5.64. The number of aromatic nitrogens is 3. The molecule has 1 fully saturated rings. The molecular weight excluding hydrogens is 252 g/mol. The Morgan fingerprint density at radius 2 is 1.89 bits per heavy atom.